The fraction of sp³-hybridized carbons (Fsp3) is 0.556. The second-order valence-electron chi connectivity index (χ2n) is 6.12. The van der Waals surface area contributed by atoms with Crippen LogP contribution in [0.3, 0.4) is 0 Å². The number of ether oxygens (including phenoxy) is 2. The van der Waals surface area contributed by atoms with Gasteiger partial charge >= 0.3 is 6.09 Å². The van der Waals surface area contributed by atoms with Gasteiger partial charge < -0.3 is 19.3 Å². The van der Waals surface area contributed by atoms with Crippen molar-refractivity contribution in [2.75, 3.05) is 40.4 Å². The smallest absolute Gasteiger partial charge is 0.409 e. The molecule has 0 radical (unpaired) electrons. The zero-order chi connectivity index (χ0) is 17.7. The normalized spacial score (nSPS) is 15.0. The number of benzene rings is 1. The van der Waals surface area contributed by atoms with Crippen LogP contribution in [0.5, 0.6) is 5.75 Å². The molecule has 1 saturated heterocycles. The molecule has 0 saturated carbocycles. The summed E-state index contributed by atoms with van der Waals surface area (Å²) < 4.78 is 10.2. The molecule has 1 heterocycles. The Hall–Kier alpha value is -2.24. The molecule has 0 N–H and O–H groups in total. The number of methoxy groups -OCH3 is 2. The summed E-state index contributed by atoms with van der Waals surface area (Å²) in [4.78, 5) is 27.7. The van der Waals surface area contributed by atoms with Crippen LogP contribution >= 0.6 is 0 Å². The van der Waals surface area contributed by atoms with Crippen molar-refractivity contribution in [3.63, 3.8) is 0 Å². The molecule has 1 aromatic carbocycles. The van der Waals surface area contributed by atoms with Gasteiger partial charge in [-0.2, -0.15) is 0 Å². The largest absolute Gasteiger partial charge is 0.496 e. The van der Waals surface area contributed by atoms with E-state index < -0.39 is 0 Å². The van der Waals surface area contributed by atoms with Crippen molar-refractivity contribution in [3.8, 4) is 5.75 Å². The summed E-state index contributed by atoms with van der Waals surface area (Å²) in [7, 11) is 3.00. The van der Waals surface area contributed by atoms with Gasteiger partial charge in [0, 0.05) is 31.7 Å². The third-order valence-electron chi connectivity index (χ3n) is 4.52. The second-order valence-corrected chi connectivity index (χ2v) is 6.12. The van der Waals surface area contributed by atoms with Crippen LogP contribution in [-0.2, 0) is 16.0 Å². The van der Waals surface area contributed by atoms with Gasteiger partial charge in [-0.05, 0) is 37.5 Å². The van der Waals surface area contributed by atoms with E-state index in [1.807, 2.05) is 30.9 Å². The summed E-state index contributed by atoms with van der Waals surface area (Å²) in [6, 6.07) is 3.99. The number of aryl methyl sites for hydroxylation is 2. The lowest BCUT2D eigenvalue weighted by atomic mass is 10.0. The van der Waals surface area contributed by atoms with Crippen LogP contribution in [0.2, 0.25) is 0 Å². The molecule has 0 aromatic heterocycles. The predicted molar refractivity (Wildman–Crippen MR) is 91.3 cm³/mol. The fourth-order valence-corrected chi connectivity index (χ4v) is 2.93. The van der Waals surface area contributed by atoms with E-state index in [0.717, 1.165) is 28.9 Å². The van der Waals surface area contributed by atoms with Crippen LogP contribution in [0.25, 0.3) is 0 Å². The van der Waals surface area contributed by atoms with E-state index in [4.69, 9.17) is 9.47 Å². The first kappa shape index (κ1) is 18.1. The molecule has 24 heavy (non-hydrogen) atoms. The predicted octanol–water partition coefficient (Wildman–Crippen LogP) is 2.16. The van der Waals surface area contributed by atoms with Gasteiger partial charge in [-0.15, -0.1) is 0 Å². The van der Waals surface area contributed by atoms with E-state index in [2.05, 4.69) is 0 Å². The molecule has 1 fully saturated rings. The SMILES string of the molecule is COC(=O)N1CCCN(C(=O)Cc2cc(C)c(C)cc2OC)CC1. The third kappa shape index (κ3) is 4.19. The molecule has 1 aliphatic rings. The van der Waals surface area contributed by atoms with Crippen LogP contribution in [0.1, 0.15) is 23.1 Å². The summed E-state index contributed by atoms with van der Waals surface area (Å²) >= 11 is 0. The Balaban J connectivity index is 2.05. The summed E-state index contributed by atoms with van der Waals surface area (Å²) in [5.41, 5.74) is 3.19. The van der Waals surface area contributed by atoms with Crippen LogP contribution in [0.15, 0.2) is 12.1 Å². The van der Waals surface area contributed by atoms with Crippen molar-refractivity contribution in [2.24, 2.45) is 0 Å². The summed E-state index contributed by atoms with van der Waals surface area (Å²) in [6.07, 6.45) is 0.730. The highest BCUT2D eigenvalue weighted by Gasteiger charge is 2.23. The zero-order valence-corrected chi connectivity index (χ0v) is 14.9. The van der Waals surface area contributed by atoms with Crippen molar-refractivity contribution in [2.45, 2.75) is 26.7 Å². The molecular weight excluding hydrogens is 308 g/mol. The molecule has 2 rings (SSSR count). The van der Waals surface area contributed by atoms with Crippen LogP contribution in [0.4, 0.5) is 4.79 Å². The maximum Gasteiger partial charge on any atom is 0.409 e. The molecule has 1 aromatic rings. The van der Waals surface area contributed by atoms with Crippen molar-refractivity contribution in [3.05, 3.63) is 28.8 Å². The monoisotopic (exact) mass is 334 g/mol. The molecular formula is C18H26N2O4. The lowest BCUT2D eigenvalue weighted by molar-refractivity contribution is -0.130. The molecule has 0 unspecified atom stereocenters. The van der Waals surface area contributed by atoms with Gasteiger partial charge in [0.05, 0.1) is 20.6 Å². The maximum atomic E-state index is 12.7. The number of hydrogen-bond acceptors (Lipinski definition) is 4. The van der Waals surface area contributed by atoms with Gasteiger partial charge in [0.15, 0.2) is 0 Å². The number of nitrogens with zero attached hydrogens (tertiary/aromatic N) is 2. The average Bonchev–Trinajstić information content (AvgIpc) is 2.83. The number of hydrogen-bond donors (Lipinski definition) is 0. The molecule has 0 spiro atoms. The highest BCUT2D eigenvalue weighted by molar-refractivity contribution is 5.80. The van der Waals surface area contributed by atoms with Crippen molar-refractivity contribution >= 4 is 12.0 Å². The fourth-order valence-electron chi connectivity index (χ4n) is 2.93. The van der Waals surface area contributed by atoms with Gasteiger partial charge in [0.25, 0.3) is 0 Å². The minimum absolute atomic E-state index is 0.0586. The average molecular weight is 334 g/mol. The van der Waals surface area contributed by atoms with Crippen molar-refractivity contribution < 1.29 is 19.1 Å². The minimum atomic E-state index is -0.333. The lowest BCUT2D eigenvalue weighted by Gasteiger charge is -2.22. The first-order valence-corrected chi connectivity index (χ1v) is 8.21. The first-order valence-electron chi connectivity index (χ1n) is 8.21. The maximum absolute atomic E-state index is 12.7. The van der Waals surface area contributed by atoms with E-state index >= 15 is 0 Å². The van der Waals surface area contributed by atoms with Crippen LogP contribution in [0, 0.1) is 13.8 Å². The van der Waals surface area contributed by atoms with Crippen molar-refractivity contribution in [1.29, 1.82) is 0 Å². The second kappa shape index (κ2) is 8.04. The minimum Gasteiger partial charge on any atom is -0.496 e. The van der Waals surface area contributed by atoms with Gasteiger partial charge in [-0.25, -0.2) is 4.79 Å². The van der Waals surface area contributed by atoms with E-state index in [0.29, 0.717) is 32.6 Å². The lowest BCUT2D eigenvalue weighted by Crippen LogP contribution is -2.37. The zero-order valence-electron chi connectivity index (χ0n) is 14.9. The number of carbonyl (C=O) groups is 2. The van der Waals surface area contributed by atoms with E-state index in [1.165, 1.54) is 7.11 Å². The number of rotatable bonds is 3. The Morgan fingerprint density at radius 3 is 2.29 bits per heavy atom. The molecule has 0 bridgehead atoms. The van der Waals surface area contributed by atoms with Crippen LogP contribution < -0.4 is 4.74 Å². The van der Waals surface area contributed by atoms with Gasteiger partial charge in [0.1, 0.15) is 5.75 Å². The molecule has 0 atom stereocenters. The third-order valence-corrected chi connectivity index (χ3v) is 4.52. The van der Waals surface area contributed by atoms with Gasteiger partial charge in [0.2, 0.25) is 5.91 Å². The van der Waals surface area contributed by atoms with E-state index in [-0.39, 0.29) is 12.0 Å². The number of amides is 2. The quantitative estimate of drug-likeness (QED) is 0.850. The summed E-state index contributed by atoms with van der Waals surface area (Å²) in [5.74, 6) is 0.806. The van der Waals surface area contributed by atoms with Crippen LogP contribution in [-0.4, -0.2) is 62.2 Å². The summed E-state index contributed by atoms with van der Waals surface area (Å²) in [6.45, 7) is 6.36. The Kier molecular flexibility index (Phi) is 6.06. The first-order chi connectivity index (χ1) is 11.5. The highest BCUT2D eigenvalue weighted by atomic mass is 16.5. The van der Waals surface area contributed by atoms with Crippen molar-refractivity contribution in [1.82, 2.24) is 9.80 Å². The van der Waals surface area contributed by atoms with E-state index in [1.54, 1.807) is 12.0 Å². The number of carbonyl (C=O) groups excluding carboxylic acids is 2. The molecule has 0 aliphatic carbocycles. The Morgan fingerprint density at radius 2 is 1.62 bits per heavy atom. The molecule has 2 amide bonds. The molecule has 132 valence electrons. The highest BCUT2D eigenvalue weighted by Crippen LogP contribution is 2.24. The Bertz CT molecular complexity index is 615. The topological polar surface area (TPSA) is 59.1 Å². The van der Waals surface area contributed by atoms with E-state index in [9.17, 15) is 9.59 Å². The Morgan fingerprint density at radius 1 is 1.00 bits per heavy atom. The van der Waals surface area contributed by atoms with Gasteiger partial charge in [-0.1, -0.05) is 6.07 Å². The molecule has 6 nitrogen and oxygen atoms in total. The van der Waals surface area contributed by atoms with Gasteiger partial charge in [-0.3, -0.25) is 4.79 Å². The summed E-state index contributed by atoms with van der Waals surface area (Å²) in [5, 5.41) is 0. The molecule has 6 heteroatoms. The molecule has 1 aliphatic heterocycles. The Labute approximate surface area is 143 Å². The standard InChI is InChI=1S/C18H26N2O4/c1-13-10-15(16(23-3)11-14(13)2)12-17(21)19-6-5-7-20(9-8-19)18(22)24-4/h10-11H,5-9,12H2,1-4H3.